The Bertz CT molecular complexity index is 470. The zero-order chi connectivity index (χ0) is 12.3. The van der Waals surface area contributed by atoms with Gasteiger partial charge >= 0.3 is 0 Å². The molecule has 0 amide bonds. The Balaban J connectivity index is 2.44. The van der Waals surface area contributed by atoms with E-state index in [4.69, 9.17) is 0 Å². The van der Waals surface area contributed by atoms with Crippen molar-refractivity contribution in [1.29, 1.82) is 5.26 Å². The van der Waals surface area contributed by atoms with Crippen LogP contribution in [0.1, 0.15) is 23.6 Å². The molecule has 0 saturated carbocycles. The molecule has 1 aliphatic rings. The number of nitrogens with one attached hydrogen (secondary N) is 2. The average molecular weight is 229 g/mol. The smallest absolute Gasteiger partial charge is 0.174 e. The molecule has 5 heteroatoms. The number of nitriles is 1. The summed E-state index contributed by atoms with van der Waals surface area (Å²) < 4.78 is 0. The van der Waals surface area contributed by atoms with Gasteiger partial charge in [-0.25, -0.2) is 9.97 Å². The predicted octanol–water partition coefficient (Wildman–Crippen LogP) is 0.869. The highest BCUT2D eigenvalue weighted by Gasteiger charge is 2.14. The highest BCUT2D eigenvalue weighted by atomic mass is 15.1. The topological polar surface area (TPSA) is 73.6 Å². The first-order valence-corrected chi connectivity index (χ1v) is 5.65. The Kier molecular flexibility index (Phi) is 3.24. The van der Waals surface area contributed by atoms with Gasteiger partial charge in [0.25, 0.3) is 0 Å². The Morgan fingerprint density at radius 1 is 1.24 bits per heavy atom. The molecule has 88 valence electrons. The number of hydrogen-bond donors (Lipinski definition) is 2. The number of hydrogen-bond acceptors (Lipinski definition) is 5. The van der Waals surface area contributed by atoms with Crippen LogP contribution in [0.4, 0.5) is 0 Å². The number of nitrogens with zero attached hydrogens (tertiary/aromatic N) is 3. The van der Waals surface area contributed by atoms with Gasteiger partial charge in [-0.1, -0.05) is 0 Å². The zero-order valence-electron chi connectivity index (χ0n) is 10.0. The fourth-order valence-electron chi connectivity index (χ4n) is 1.81. The van der Waals surface area contributed by atoms with Gasteiger partial charge in [0.2, 0.25) is 0 Å². The summed E-state index contributed by atoms with van der Waals surface area (Å²) in [4.78, 5) is 8.62. The molecule has 1 aromatic heterocycles. The molecule has 17 heavy (non-hydrogen) atoms. The van der Waals surface area contributed by atoms with Crippen molar-refractivity contribution in [3.8, 4) is 6.07 Å². The molecule has 0 aromatic carbocycles. The minimum atomic E-state index is 0.483. The summed E-state index contributed by atoms with van der Waals surface area (Å²) in [5.74, 6) is 1.23. The van der Waals surface area contributed by atoms with E-state index in [0.29, 0.717) is 11.4 Å². The molecule has 0 bridgehead atoms. The fourth-order valence-corrected chi connectivity index (χ4v) is 1.81. The van der Waals surface area contributed by atoms with Crippen molar-refractivity contribution in [3.63, 3.8) is 0 Å². The summed E-state index contributed by atoms with van der Waals surface area (Å²) in [5, 5.41) is 15.6. The first kappa shape index (κ1) is 11.4. The lowest BCUT2D eigenvalue weighted by Gasteiger charge is -2.20. The minimum Gasteiger partial charge on any atom is -0.371 e. The predicted molar refractivity (Wildman–Crippen MR) is 64.7 cm³/mol. The standard InChI is InChI=1S/C12H15N5/c1-8-6-9(2)17-12(16-8)10(7-13)11-14-4-3-5-15-11/h6,14-15H,3-5H2,1-2H3. The molecular weight excluding hydrogens is 214 g/mol. The van der Waals surface area contributed by atoms with Crippen molar-refractivity contribution in [3.05, 3.63) is 29.1 Å². The van der Waals surface area contributed by atoms with Crippen LogP contribution in [0.3, 0.4) is 0 Å². The van der Waals surface area contributed by atoms with Crippen molar-refractivity contribution in [2.45, 2.75) is 20.3 Å². The van der Waals surface area contributed by atoms with Crippen LogP contribution in [0.15, 0.2) is 11.9 Å². The Morgan fingerprint density at radius 3 is 2.35 bits per heavy atom. The molecule has 1 aromatic rings. The molecule has 0 atom stereocenters. The van der Waals surface area contributed by atoms with Crippen LogP contribution < -0.4 is 10.6 Å². The van der Waals surface area contributed by atoms with E-state index >= 15 is 0 Å². The van der Waals surface area contributed by atoms with Crippen LogP contribution in [-0.2, 0) is 0 Å². The van der Waals surface area contributed by atoms with Gasteiger partial charge in [0, 0.05) is 24.5 Å². The highest BCUT2D eigenvalue weighted by Crippen LogP contribution is 2.13. The lowest BCUT2D eigenvalue weighted by atomic mass is 10.2. The molecule has 2 N–H and O–H groups in total. The van der Waals surface area contributed by atoms with Gasteiger partial charge in [0.15, 0.2) is 5.82 Å². The molecule has 0 unspecified atom stereocenters. The third kappa shape index (κ3) is 2.53. The second-order valence-corrected chi connectivity index (χ2v) is 4.04. The van der Waals surface area contributed by atoms with E-state index in [1.54, 1.807) is 0 Å². The maximum Gasteiger partial charge on any atom is 0.174 e. The number of aryl methyl sites for hydroxylation is 2. The van der Waals surface area contributed by atoms with Crippen LogP contribution in [0.2, 0.25) is 0 Å². The van der Waals surface area contributed by atoms with Crippen molar-refractivity contribution in [2.24, 2.45) is 0 Å². The molecular formula is C12H15N5. The fraction of sp³-hybridized carbons (Fsp3) is 0.417. The van der Waals surface area contributed by atoms with E-state index < -0.39 is 0 Å². The van der Waals surface area contributed by atoms with Gasteiger partial charge in [-0.3, -0.25) is 0 Å². The van der Waals surface area contributed by atoms with Crippen LogP contribution in [0, 0.1) is 25.2 Å². The summed E-state index contributed by atoms with van der Waals surface area (Å²) in [6, 6.07) is 4.07. The van der Waals surface area contributed by atoms with E-state index in [0.717, 1.165) is 36.7 Å². The summed E-state index contributed by atoms with van der Waals surface area (Å²) in [6.07, 6.45) is 1.05. The molecule has 2 heterocycles. The van der Waals surface area contributed by atoms with Crippen LogP contribution >= 0.6 is 0 Å². The van der Waals surface area contributed by atoms with Crippen LogP contribution in [0.5, 0.6) is 0 Å². The summed E-state index contributed by atoms with van der Waals surface area (Å²) in [6.45, 7) is 5.55. The molecule has 1 aliphatic heterocycles. The molecule has 0 aliphatic carbocycles. The monoisotopic (exact) mass is 229 g/mol. The van der Waals surface area contributed by atoms with E-state index in [1.165, 1.54) is 0 Å². The molecule has 1 saturated heterocycles. The number of allylic oxidation sites excluding steroid dienone is 1. The second-order valence-electron chi connectivity index (χ2n) is 4.04. The second kappa shape index (κ2) is 4.83. The summed E-state index contributed by atoms with van der Waals surface area (Å²) in [5.41, 5.74) is 2.23. The Hall–Kier alpha value is -2.09. The molecule has 5 nitrogen and oxygen atoms in total. The van der Waals surface area contributed by atoms with Crippen molar-refractivity contribution in [1.82, 2.24) is 20.6 Å². The average Bonchev–Trinajstić information content (AvgIpc) is 2.30. The van der Waals surface area contributed by atoms with Gasteiger partial charge in [-0.15, -0.1) is 0 Å². The van der Waals surface area contributed by atoms with Crippen molar-refractivity contribution < 1.29 is 0 Å². The zero-order valence-corrected chi connectivity index (χ0v) is 10.0. The quantitative estimate of drug-likeness (QED) is 0.699. The maximum absolute atomic E-state index is 9.25. The normalized spacial score (nSPS) is 14.5. The van der Waals surface area contributed by atoms with Crippen LogP contribution in [-0.4, -0.2) is 23.1 Å². The van der Waals surface area contributed by atoms with Crippen molar-refractivity contribution in [2.75, 3.05) is 13.1 Å². The van der Waals surface area contributed by atoms with Gasteiger partial charge in [-0.05, 0) is 26.3 Å². The Labute approximate surface area is 101 Å². The van der Waals surface area contributed by atoms with Gasteiger partial charge in [-0.2, -0.15) is 5.26 Å². The van der Waals surface area contributed by atoms with Crippen molar-refractivity contribution >= 4 is 5.57 Å². The first-order valence-electron chi connectivity index (χ1n) is 5.65. The third-order valence-corrected chi connectivity index (χ3v) is 2.52. The Morgan fingerprint density at radius 2 is 1.82 bits per heavy atom. The van der Waals surface area contributed by atoms with Gasteiger partial charge in [0.1, 0.15) is 17.5 Å². The SMILES string of the molecule is Cc1cc(C)nc(C(C#N)=C2NCCCN2)n1. The maximum atomic E-state index is 9.25. The van der Waals surface area contributed by atoms with E-state index in [1.807, 2.05) is 19.9 Å². The lowest BCUT2D eigenvalue weighted by molar-refractivity contribution is 0.575. The largest absolute Gasteiger partial charge is 0.371 e. The third-order valence-electron chi connectivity index (χ3n) is 2.52. The molecule has 2 rings (SSSR count). The van der Waals surface area contributed by atoms with E-state index in [9.17, 15) is 5.26 Å². The number of aromatic nitrogens is 2. The molecule has 0 spiro atoms. The molecule has 1 fully saturated rings. The van der Waals surface area contributed by atoms with E-state index in [2.05, 4.69) is 26.7 Å². The summed E-state index contributed by atoms with van der Waals surface area (Å²) >= 11 is 0. The summed E-state index contributed by atoms with van der Waals surface area (Å²) in [7, 11) is 0. The van der Waals surface area contributed by atoms with E-state index in [-0.39, 0.29) is 0 Å². The lowest BCUT2D eigenvalue weighted by Crippen LogP contribution is -2.36. The minimum absolute atomic E-state index is 0.483. The molecule has 0 radical (unpaired) electrons. The van der Waals surface area contributed by atoms with Gasteiger partial charge in [0.05, 0.1) is 0 Å². The number of rotatable bonds is 1. The van der Waals surface area contributed by atoms with Gasteiger partial charge < -0.3 is 10.6 Å². The van der Waals surface area contributed by atoms with Crippen LogP contribution in [0.25, 0.3) is 5.57 Å². The highest BCUT2D eigenvalue weighted by molar-refractivity contribution is 5.74. The first-order chi connectivity index (χ1) is 8.20.